The third-order valence-corrected chi connectivity index (χ3v) is 3.65. The van der Waals surface area contributed by atoms with Gasteiger partial charge in [0, 0.05) is 11.4 Å². The lowest BCUT2D eigenvalue weighted by Gasteiger charge is -2.12. The van der Waals surface area contributed by atoms with E-state index < -0.39 is 12.0 Å². The molecule has 0 aliphatic rings. The maximum atomic E-state index is 10.8. The molecule has 2 atom stereocenters. The lowest BCUT2D eigenvalue weighted by Crippen LogP contribution is -2.21. The summed E-state index contributed by atoms with van der Waals surface area (Å²) < 4.78 is 0. The van der Waals surface area contributed by atoms with Gasteiger partial charge < -0.3 is 16.2 Å². The van der Waals surface area contributed by atoms with E-state index in [-0.39, 0.29) is 6.04 Å². The van der Waals surface area contributed by atoms with E-state index >= 15 is 0 Å². The smallest absolute Gasteiger partial charge is 0.326 e. The number of carbonyl (C=O) groups is 1. The fraction of sp³-hybridized carbons (Fsp3) is 0.286. The second-order valence-corrected chi connectivity index (χ2v) is 5.49. The number of carboxylic acid groups (broad SMARTS) is 1. The maximum absolute atomic E-state index is 10.8. The van der Waals surface area contributed by atoms with Crippen LogP contribution in [0.3, 0.4) is 0 Å². The molecule has 4 N–H and O–H groups in total. The van der Waals surface area contributed by atoms with Crippen molar-refractivity contribution >= 4 is 22.4 Å². The second kappa shape index (κ2) is 6.49. The molecule has 0 aliphatic heterocycles. The van der Waals surface area contributed by atoms with Crippen molar-refractivity contribution in [1.82, 2.24) is 4.98 Å². The highest BCUT2D eigenvalue weighted by Gasteiger charge is 2.18. The van der Waals surface area contributed by atoms with Crippen molar-refractivity contribution in [3.8, 4) is 0 Å². The number of rotatable bonds is 6. The van der Waals surface area contributed by atoms with Crippen LogP contribution in [-0.4, -0.2) is 22.1 Å². The number of benzene rings is 1. The van der Waals surface area contributed by atoms with Crippen LogP contribution in [0.4, 0.5) is 5.13 Å². The van der Waals surface area contributed by atoms with Crippen LogP contribution in [-0.2, 0) is 11.2 Å². The predicted molar refractivity (Wildman–Crippen MR) is 79.9 cm³/mol. The van der Waals surface area contributed by atoms with E-state index in [0.29, 0.717) is 10.8 Å². The molecular formula is C14H17N3O2S. The number of aromatic nitrogens is 1. The monoisotopic (exact) mass is 291 g/mol. The number of nitrogens with two attached hydrogens (primary N) is 1. The minimum Gasteiger partial charge on any atom is -0.480 e. The van der Waals surface area contributed by atoms with Crippen molar-refractivity contribution in [2.45, 2.75) is 25.4 Å². The number of nitrogens with zero attached hydrogens (tertiary/aromatic N) is 1. The SMILES string of the molecule is CC(Cc1ccccc1)Nc1nc(C(N)C(=O)O)cs1. The van der Waals surface area contributed by atoms with E-state index in [1.165, 1.54) is 16.9 Å². The highest BCUT2D eigenvalue weighted by molar-refractivity contribution is 7.13. The zero-order chi connectivity index (χ0) is 14.5. The van der Waals surface area contributed by atoms with E-state index in [4.69, 9.17) is 10.8 Å². The van der Waals surface area contributed by atoms with Crippen LogP contribution in [0, 0.1) is 0 Å². The van der Waals surface area contributed by atoms with Crippen LogP contribution in [0.25, 0.3) is 0 Å². The second-order valence-electron chi connectivity index (χ2n) is 4.63. The molecule has 0 amide bonds. The summed E-state index contributed by atoms with van der Waals surface area (Å²) in [5.74, 6) is -1.07. The maximum Gasteiger partial charge on any atom is 0.326 e. The molecule has 6 heteroatoms. The molecule has 0 saturated carbocycles. The molecule has 5 nitrogen and oxygen atoms in total. The topological polar surface area (TPSA) is 88.2 Å². The molecule has 2 unspecified atom stereocenters. The normalized spacial score (nSPS) is 13.7. The highest BCUT2D eigenvalue weighted by atomic mass is 32.1. The average molecular weight is 291 g/mol. The third-order valence-electron chi connectivity index (χ3n) is 2.86. The first-order valence-electron chi connectivity index (χ1n) is 6.30. The van der Waals surface area contributed by atoms with Gasteiger partial charge in [0.15, 0.2) is 5.13 Å². The van der Waals surface area contributed by atoms with E-state index in [1.54, 1.807) is 5.38 Å². The van der Waals surface area contributed by atoms with Crippen molar-refractivity contribution in [2.75, 3.05) is 5.32 Å². The number of hydrogen-bond donors (Lipinski definition) is 3. The lowest BCUT2D eigenvalue weighted by atomic mass is 10.1. The van der Waals surface area contributed by atoms with Crippen LogP contribution in [0.5, 0.6) is 0 Å². The summed E-state index contributed by atoms with van der Waals surface area (Å²) in [6.45, 7) is 2.06. The molecule has 1 aromatic carbocycles. The fourth-order valence-electron chi connectivity index (χ4n) is 1.85. The Bertz CT molecular complexity index is 571. The molecule has 20 heavy (non-hydrogen) atoms. The standard InChI is InChI=1S/C14H17N3O2S/c1-9(7-10-5-3-2-4-6-10)16-14-17-11(8-20-14)12(15)13(18)19/h2-6,8-9,12H,7,15H2,1H3,(H,16,17)(H,18,19). The molecule has 0 saturated heterocycles. The summed E-state index contributed by atoms with van der Waals surface area (Å²) in [5.41, 5.74) is 7.15. The first-order chi connectivity index (χ1) is 9.56. The first-order valence-corrected chi connectivity index (χ1v) is 7.18. The molecule has 0 radical (unpaired) electrons. The van der Waals surface area contributed by atoms with E-state index in [1.807, 2.05) is 18.2 Å². The van der Waals surface area contributed by atoms with Crippen molar-refractivity contribution < 1.29 is 9.90 Å². The fourth-order valence-corrected chi connectivity index (χ4v) is 2.71. The van der Waals surface area contributed by atoms with Gasteiger partial charge in [-0.2, -0.15) is 0 Å². The quantitative estimate of drug-likeness (QED) is 0.760. The Kier molecular flexibility index (Phi) is 4.70. The number of carboxylic acids is 1. The molecule has 0 aliphatic carbocycles. The molecule has 106 valence electrons. The Labute approximate surface area is 121 Å². The van der Waals surface area contributed by atoms with Gasteiger partial charge in [-0.3, -0.25) is 4.79 Å². The van der Waals surface area contributed by atoms with Crippen LogP contribution < -0.4 is 11.1 Å². The van der Waals surface area contributed by atoms with Crippen LogP contribution in [0.15, 0.2) is 35.7 Å². The van der Waals surface area contributed by atoms with Crippen LogP contribution in [0.2, 0.25) is 0 Å². The van der Waals surface area contributed by atoms with Crippen molar-refractivity contribution in [2.24, 2.45) is 5.73 Å². The van der Waals surface area contributed by atoms with Crippen LogP contribution in [0.1, 0.15) is 24.2 Å². The summed E-state index contributed by atoms with van der Waals surface area (Å²) in [6.07, 6.45) is 0.876. The van der Waals surface area contributed by atoms with Gasteiger partial charge in [0.25, 0.3) is 0 Å². The molecule has 1 aromatic heterocycles. The number of thiazole rings is 1. The Morgan fingerprint density at radius 2 is 2.15 bits per heavy atom. The largest absolute Gasteiger partial charge is 0.480 e. The molecular weight excluding hydrogens is 274 g/mol. The Balaban J connectivity index is 1.95. The number of nitrogens with one attached hydrogen (secondary N) is 1. The Morgan fingerprint density at radius 1 is 1.45 bits per heavy atom. The van der Waals surface area contributed by atoms with Crippen molar-refractivity contribution in [1.29, 1.82) is 0 Å². The summed E-state index contributed by atoms with van der Waals surface area (Å²) in [6, 6.07) is 9.30. The number of hydrogen-bond acceptors (Lipinski definition) is 5. The zero-order valence-corrected chi connectivity index (χ0v) is 11.9. The number of anilines is 1. The summed E-state index contributed by atoms with van der Waals surface area (Å²) in [4.78, 5) is 15.0. The van der Waals surface area contributed by atoms with E-state index in [9.17, 15) is 4.79 Å². The van der Waals surface area contributed by atoms with Crippen molar-refractivity contribution in [3.05, 3.63) is 47.0 Å². The van der Waals surface area contributed by atoms with Gasteiger partial charge in [0.2, 0.25) is 0 Å². The third kappa shape index (κ3) is 3.79. The average Bonchev–Trinajstić information content (AvgIpc) is 2.87. The lowest BCUT2D eigenvalue weighted by molar-refractivity contribution is -0.138. The van der Waals surface area contributed by atoms with Gasteiger partial charge in [-0.25, -0.2) is 4.98 Å². The highest BCUT2D eigenvalue weighted by Crippen LogP contribution is 2.21. The molecule has 0 fully saturated rings. The molecule has 2 rings (SSSR count). The molecule has 0 bridgehead atoms. The summed E-state index contributed by atoms with van der Waals surface area (Å²) in [5, 5.41) is 14.5. The Hall–Kier alpha value is -1.92. The minimum absolute atomic E-state index is 0.206. The molecule has 2 aromatic rings. The van der Waals surface area contributed by atoms with Gasteiger partial charge in [0.05, 0.1) is 5.69 Å². The molecule has 0 spiro atoms. The minimum atomic E-state index is -1.07. The summed E-state index contributed by atoms with van der Waals surface area (Å²) >= 11 is 1.37. The van der Waals surface area contributed by atoms with Gasteiger partial charge in [-0.05, 0) is 18.9 Å². The van der Waals surface area contributed by atoms with E-state index in [0.717, 1.165) is 6.42 Å². The van der Waals surface area contributed by atoms with Gasteiger partial charge in [-0.1, -0.05) is 30.3 Å². The Morgan fingerprint density at radius 3 is 2.80 bits per heavy atom. The van der Waals surface area contributed by atoms with Gasteiger partial charge in [-0.15, -0.1) is 11.3 Å². The van der Waals surface area contributed by atoms with Gasteiger partial charge in [0.1, 0.15) is 6.04 Å². The molecule has 1 heterocycles. The number of aliphatic carboxylic acids is 1. The first kappa shape index (κ1) is 14.5. The van der Waals surface area contributed by atoms with Gasteiger partial charge >= 0.3 is 5.97 Å². The van der Waals surface area contributed by atoms with E-state index in [2.05, 4.69) is 29.4 Å². The van der Waals surface area contributed by atoms with Crippen molar-refractivity contribution in [3.63, 3.8) is 0 Å². The predicted octanol–water partition coefficient (Wildman–Crippen LogP) is 2.27. The zero-order valence-electron chi connectivity index (χ0n) is 11.1. The van der Waals surface area contributed by atoms with Crippen LogP contribution >= 0.6 is 11.3 Å². The summed E-state index contributed by atoms with van der Waals surface area (Å²) in [7, 11) is 0.